The fraction of sp³-hybridized carbons (Fsp3) is 0.867. The van der Waals surface area contributed by atoms with Gasteiger partial charge in [0.15, 0.2) is 0 Å². The normalized spacial score (nSPS) is 25.3. The van der Waals surface area contributed by atoms with Gasteiger partial charge in [-0.3, -0.25) is 14.5 Å². The van der Waals surface area contributed by atoms with Crippen molar-refractivity contribution >= 4 is 11.8 Å². The van der Waals surface area contributed by atoms with E-state index >= 15 is 0 Å². The third-order valence-corrected chi connectivity index (χ3v) is 4.60. The molecule has 2 amide bonds. The van der Waals surface area contributed by atoms with Crippen LogP contribution in [0.1, 0.15) is 51.4 Å². The minimum Gasteiger partial charge on any atom is -0.368 e. The summed E-state index contributed by atoms with van der Waals surface area (Å²) in [6.45, 7) is 1.89. The Morgan fingerprint density at radius 2 is 1.75 bits per heavy atom. The van der Waals surface area contributed by atoms with Crippen molar-refractivity contribution in [1.29, 1.82) is 0 Å². The second-order valence-electron chi connectivity index (χ2n) is 6.19. The largest absolute Gasteiger partial charge is 0.368 e. The lowest BCUT2D eigenvalue weighted by atomic mass is 9.89. The molecule has 20 heavy (non-hydrogen) atoms. The second-order valence-corrected chi connectivity index (χ2v) is 6.19. The maximum atomic E-state index is 12.0. The monoisotopic (exact) mass is 281 g/mol. The van der Waals surface area contributed by atoms with Crippen molar-refractivity contribution in [2.75, 3.05) is 19.6 Å². The van der Waals surface area contributed by atoms with E-state index in [1.54, 1.807) is 0 Å². The molecule has 1 aliphatic carbocycles. The molecule has 1 atom stereocenters. The average molecular weight is 281 g/mol. The van der Waals surface area contributed by atoms with E-state index in [1.165, 1.54) is 32.1 Å². The van der Waals surface area contributed by atoms with Gasteiger partial charge in [0.2, 0.25) is 11.8 Å². The molecule has 1 heterocycles. The first kappa shape index (κ1) is 15.3. The van der Waals surface area contributed by atoms with Crippen LogP contribution in [0.25, 0.3) is 0 Å². The van der Waals surface area contributed by atoms with Crippen molar-refractivity contribution in [2.24, 2.45) is 11.7 Å². The van der Waals surface area contributed by atoms with E-state index in [0.717, 1.165) is 32.4 Å². The van der Waals surface area contributed by atoms with Gasteiger partial charge in [-0.2, -0.15) is 0 Å². The lowest BCUT2D eigenvalue weighted by Crippen LogP contribution is -2.51. The number of hydrogen-bond acceptors (Lipinski definition) is 3. The molecule has 0 spiro atoms. The van der Waals surface area contributed by atoms with Gasteiger partial charge in [-0.05, 0) is 38.1 Å². The van der Waals surface area contributed by atoms with Crippen LogP contribution >= 0.6 is 0 Å². The van der Waals surface area contributed by atoms with E-state index in [4.69, 9.17) is 5.73 Å². The number of hydrogen-bond donors (Lipinski definition) is 2. The smallest absolute Gasteiger partial charge is 0.234 e. The summed E-state index contributed by atoms with van der Waals surface area (Å²) in [5, 5.41) is 3.03. The molecular weight excluding hydrogens is 254 g/mol. The molecule has 1 saturated heterocycles. The van der Waals surface area contributed by atoms with Gasteiger partial charge in [-0.25, -0.2) is 0 Å². The zero-order valence-electron chi connectivity index (χ0n) is 12.3. The van der Waals surface area contributed by atoms with Crippen LogP contribution in [-0.2, 0) is 9.59 Å². The summed E-state index contributed by atoms with van der Waals surface area (Å²) in [6, 6.07) is -0.260. The standard InChI is InChI=1S/C15H27N3O2/c16-15(20)13-8-4-5-9-18(13)11-14(19)17-10-12-6-2-1-3-7-12/h12-13H,1-11H2,(H2,16,20)(H,17,19). The molecule has 1 unspecified atom stereocenters. The van der Waals surface area contributed by atoms with Crippen molar-refractivity contribution in [3.63, 3.8) is 0 Å². The molecule has 2 aliphatic rings. The molecule has 3 N–H and O–H groups in total. The van der Waals surface area contributed by atoms with Gasteiger partial charge in [0.25, 0.3) is 0 Å². The van der Waals surface area contributed by atoms with Crippen LogP contribution in [0.2, 0.25) is 0 Å². The summed E-state index contributed by atoms with van der Waals surface area (Å²) in [4.78, 5) is 25.4. The number of primary amides is 1. The van der Waals surface area contributed by atoms with Gasteiger partial charge >= 0.3 is 0 Å². The van der Waals surface area contributed by atoms with E-state index in [9.17, 15) is 9.59 Å². The summed E-state index contributed by atoms with van der Waals surface area (Å²) in [7, 11) is 0. The first-order valence-corrected chi connectivity index (χ1v) is 7.97. The summed E-state index contributed by atoms with van der Waals surface area (Å²) in [5.74, 6) is 0.370. The molecule has 0 aromatic heterocycles. The number of carbonyl (C=O) groups is 2. The Kier molecular flexibility index (Phi) is 5.83. The minimum absolute atomic E-state index is 0.0312. The minimum atomic E-state index is -0.301. The molecule has 1 saturated carbocycles. The highest BCUT2D eigenvalue weighted by Crippen LogP contribution is 2.22. The van der Waals surface area contributed by atoms with Gasteiger partial charge in [0, 0.05) is 6.54 Å². The number of nitrogens with zero attached hydrogens (tertiary/aromatic N) is 1. The van der Waals surface area contributed by atoms with Crippen LogP contribution in [-0.4, -0.2) is 42.4 Å². The molecule has 1 aliphatic heterocycles. The van der Waals surface area contributed by atoms with Gasteiger partial charge in [-0.1, -0.05) is 25.7 Å². The average Bonchev–Trinajstić information content (AvgIpc) is 2.46. The SMILES string of the molecule is NC(=O)C1CCCCN1CC(=O)NCC1CCCCC1. The van der Waals surface area contributed by atoms with E-state index in [0.29, 0.717) is 12.5 Å². The number of piperidine rings is 1. The number of nitrogens with two attached hydrogens (primary N) is 1. The van der Waals surface area contributed by atoms with Gasteiger partial charge in [0.1, 0.15) is 0 Å². The zero-order chi connectivity index (χ0) is 14.4. The highest BCUT2D eigenvalue weighted by atomic mass is 16.2. The fourth-order valence-corrected chi connectivity index (χ4v) is 3.39. The van der Waals surface area contributed by atoms with Crippen molar-refractivity contribution in [2.45, 2.75) is 57.4 Å². The van der Waals surface area contributed by atoms with Gasteiger partial charge in [-0.15, -0.1) is 0 Å². The van der Waals surface area contributed by atoms with E-state index < -0.39 is 0 Å². The third kappa shape index (κ3) is 4.47. The summed E-state index contributed by atoms with van der Waals surface area (Å²) < 4.78 is 0. The zero-order valence-corrected chi connectivity index (χ0v) is 12.3. The lowest BCUT2D eigenvalue weighted by molar-refractivity contribution is -0.128. The van der Waals surface area contributed by atoms with Crippen LogP contribution < -0.4 is 11.1 Å². The number of likely N-dealkylation sites (tertiary alicyclic amines) is 1. The van der Waals surface area contributed by atoms with Crippen molar-refractivity contribution in [3.8, 4) is 0 Å². The van der Waals surface area contributed by atoms with Crippen LogP contribution in [0.5, 0.6) is 0 Å². The van der Waals surface area contributed by atoms with E-state index in [2.05, 4.69) is 5.32 Å². The molecular formula is C15H27N3O2. The molecule has 114 valence electrons. The molecule has 5 heteroatoms. The van der Waals surface area contributed by atoms with E-state index in [-0.39, 0.29) is 17.9 Å². The quantitative estimate of drug-likeness (QED) is 0.790. The Labute approximate surface area is 121 Å². The predicted octanol–water partition coefficient (Wildman–Crippen LogP) is 1.02. The predicted molar refractivity (Wildman–Crippen MR) is 78.0 cm³/mol. The highest BCUT2D eigenvalue weighted by Gasteiger charge is 2.28. The van der Waals surface area contributed by atoms with Crippen LogP contribution in [0.4, 0.5) is 0 Å². The summed E-state index contributed by atoms with van der Waals surface area (Å²) in [6.07, 6.45) is 9.21. The summed E-state index contributed by atoms with van der Waals surface area (Å²) >= 11 is 0. The maximum absolute atomic E-state index is 12.0. The molecule has 5 nitrogen and oxygen atoms in total. The fourth-order valence-electron chi connectivity index (χ4n) is 3.39. The Bertz CT molecular complexity index is 340. The third-order valence-electron chi connectivity index (χ3n) is 4.60. The molecule has 0 radical (unpaired) electrons. The number of amides is 2. The topological polar surface area (TPSA) is 75.4 Å². The lowest BCUT2D eigenvalue weighted by Gasteiger charge is -2.33. The van der Waals surface area contributed by atoms with Crippen LogP contribution in [0, 0.1) is 5.92 Å². The van der Waals surface area contributed by atoms with Gasteiger partial charge in [0.05, 0.1) is 12.6 Å². The second kappa shape index (κ2) is 7.62. The van der Waals surface area contributed by atoms with Crippen LogP contribution in [0.3, 0.4) is 0 Å². The first-order chi connectivity index (χ1) is 9.66. The molecule has 2 rings (SSSR count). The molecule has 0 bridgehead atoms. The molecule has 0 aromatic carbocycles. The Morgan fingerprint density at radius 3 is 2.45 bits per heavy atom. The number of rotatable bonds is 5. The highest BCUT2D eigenvalue weighted by molar-refractivity contribution is 5.82. The maximum Gasteiger partial charge on any atom is 0.234 e. The van der Waals surface area contributed by atoms with Gasteiger partial charge < -0.3 is 11.1 Å². The summed E-state index contributed by atoms with van der Waals surface area (Å²) in [5.41, 5.74) is 5.41. The Morgan fingerprint density at radius 1 is 1.05 bits per heavy atom. The molecule has 2 fully saturated rings. The Hall–Kier alpha value is -1.10. The number of carbonyl (C=O) groups excluding carboxylic acids is 2. The van der Waals surface area contributed by atoms with Crippen molar-refractivity contribution in [3.05, 3.63) is 0 Å². The van der Waals surface area contributed by atoms with Crippen molar-refractivity contribution in [1.82, 2.24) is 10.2 Å². The first-order valence-electron chi connectivity index (χ1n) is 7.97. The van der Waals surface area contributed by atoms with Crippen LogP contribution in [0.15, 0.2) is 0 Å². The van der Waals surface area contributed by atoms with Crippen molar-refractivity contribution < 1.29 is 9.59 Å². The number of nitrogens with one attached hydrogen (secondary N) is 1. The van der Waals surface area contributed by atoms with E-state index in [1.807, 2.05) is 4.90 Å². The molecule has 0 aromatic rings. The Balaban J connectivity index is 1.73.